The Morgan fingerprint density at radius 2 is 2.13 bits per heavy atom. The Morgan fingerprint density at radius 3 is 2.53 bits per heavy atom. The first kappa shape index (κ1) is 10.9. The molecule has 0 atom stereocenters. The second-order valence-corrected chi connectivity index (χ2v) is 5.47. The van der Waals surface area contributed by atoms with Crippen molar-refractivity contribution < 1.29 is 0 Å². The van der Waals surface area contributed by atoms with Gasteiger partial charge in [0.05, 0.1) is 5.84 Å². The van der Waals surface area contributed by atoms with Gasteiger partial charge in [-0.2, -0.15) is 0 Å². The van der Waals surface area contributed by atoms with Crippen LogP contribution in [0.15, 0.2) is 0 Å². The molecule has 0 aromatic carbocycles. The van der Waals surface area contributed by atoms with Crippen molar-refractivity contribution in [2.45, 2.75) is 39.0 Å². The minimum atomic E-state index is 0.370. The lowest BCUT2D eigenvalue weighted by Crippen LogP contribution is -2.34. The van der Waals surface area contributed by atoms with Crippen LogP contribution in [-0.4, -0.2) is 30.4 Å². The van der Waals surface area contributed by atoms with E-state index in [9.17, 15) is 0 Å². The molecule has 0 radical (unpaired) electrons. The van der Waals surface area contributed by atoms with Crippen LogP contribution in [-0.2, 0) is 0 Å². The van der Waals surface area contributed by atoms with E-state index in [1.54, 1.807) is 0 Å². The molecule has 2 saturated carbocycles. The van der Waals surface area contributed by atoms with E-state index in [4.69, 9.17) is 11.1 Å². The van der Waals surface area contributed by atoms with Crippen LogP contribution in [0.4, 0.5) is 0 Å². The Morgan fingerprint density at radius 1 is 1.47 bits per heavy atom. The predicted octanol–water partition coefficient (Wildman–Crippen LogP) is 1.82. The fourth-order valence-electron chi connectivity index (χ4n) is 2.42. The quantitative estimate of drug-likeness (QED) is 0.496. The Balaban J connectivity index is 1.79. The zero-order valence-corrected chi connectivity index (χ0v) is 9.76. The van der Waals surface area contributed by atoms with Crippen molar-refractivity contribution in [3.05, 3.63) is 0 Å². The van der Waals surface area contributed by atoms with E-state index in [0.29, 0.717) is 11.3 Å². The number of nitrogens with zero attached hydrogens (tertiary/aromatic N) is 1. The van der Waals surface area contributed by atoms with Crippen molar-refractivity contribution in [3.8, 4) is 0 Å². The molecule has 2 fully saturated rings. The Kier molecular flexibility index (Phi) is 3.01. The molecule has 2 aliphatic carbocycles. The van der Waals surface area contributed by atoms with Crippen molar-refractivity contribution >= 4 is 5.84 Å². The third kappa shape index (κ3) is 3.20. The molecular weight excluding hydrogens is 186 g/mol. The summed E-state index contributed by atoms with van der Waals surface area (Å²) in [6, 6.07) is 0. The topological polar surface area (TPSA) is 53.1 Å². The molecule has 0 aromatic rings. The number of rotatable bonds is 7. The van der Waals surface area contributed by atoms with Crippen LogP contribution in [0.25, 0.3) is 0 Å². The van der Waals surface area contributed by atoms with Crippen LogP contribution in [0.5, 0.6) is 0 Å². The SMILES string of the molecule is CCN(CC1CC1)CC1(CC(=N)N)CC1. The molecule has 0 spiro atoms. The fourth-order valence-corrected chi connectivity index (χ4v) is 2.42. The highest BCUT2D eigenvalue weighted by atomic mass is 15.1. The van der Waals surface area contributed by atoms with Gasteiger partial charge in [0.15, 0.2) is 0 Å². The molecule has 0 aromatic heterocycles. The zero-order valence-electron chi connectivity index (χ0n) is 9.76. The van der Waals surface area contributed by atoms with E-state index in [0.717, 1.165) is 18.9 Å². The van der Waals surface area contributed by atoms with Crippen LogP contribution in [0, 0.1) is 16.7 Å². The highest BCUT2D eigenvalue weighted by Crippen LogP contribution is 2.49. The van der Waals surface area contributed by atoms with Crippen LogP contribution in [0.2, 0.25) is 0 Å². The number of nitrogens with one attached hydrogen (secondary N) is 1. The van der Waals surface area contributed by atoms with Crippen molar-refractivity contribution in [3.63, 3.8) is 0 Å². The van der Waals surface area contributed by atoms with Gasteiger partial charge in [0.25, 0.3) is 0 Å². The molecule has 86 valence electrons. The van der Waals surface area contributed by atoms with E-state index in [1.807, 2.05) is 0 Å². The van der Waals surface area contributed by atoms with Gasteiger partial charge in [-0.05, 0) is 43.6 Å². The molecule has 0 bridgehead atoms. The highest BCUT2D eigenvalue weighted by Gasteiger charge is 2.44. The van der Waals surface area contributed by atoms with Crippen LogP contribution >= 0.6 is 0 Å². The molecular formula is C12H23N3. The summed E-state index contributed by atoms with van der Waals surface area (Å²) in [5, 5.41) is 7.40. The van der Waals surface area contributed by atoms with E-state index < -0.39 is 0 Å². The van der Waals surface area contributed by atoms with Gasteiger partial charge in [0.2, 0.25) is 0 Å². The molecule has 3 heteroatoms. The van der Waals surface area contributed by atoms with Gasteiger partial charge in [-0.25, -0.2) is 0 Å². The summed E-state index contributed by atoms with van der Waals surface area (Å²) in [6.45, 7) is 5.83. The highest BCUT2D eigenvalue weighted by molar-refractivity contribution is 5.78. The number of hydrogen-bond acceptors (Lipinski definition) is 2. The maximum atomic E-state index is 7.40. The molecule has 0 saturated heterocycles. The van der Waals surface area contributed by atoms with Gasteiger partial charge in [0, 0.05) is 19.5 Å². The van der Waals surface area contributed by atoms with Gasteiger partial charge >= 0.3 is 0 Å². The Bertz CT molecular complexity index is 241. The van der Waals surface area contributed by atoms with Crippen molar-refractivity contribution in [1.82, 2.24) is 4.90 Å². The summed E-state index contributed by atoms with van der Waals surface area (Å²) >= 11 is 0. The summed E-state index contributed by atoms with van der Waals surface area (Å²) in [4.78, 5) is 2.56. The first-order valence-corrected chi connectivity index (χ1v) is 6.19. The van der Waals surface area contributed by atoms with Gasteiger partial charge in [-0.3, -0.25) is 5.41 Å². The molecule has 0 unspecified atom stereocenters. The largest absolute Gasteiger partial charge is 0.388 e. The smallest absolute Gasteiger partial charge is 0.0911 e. The minimum Gasteiger partial charge on any atom is -0.388 e. The van der Waals surface area contributed by atoms with Gasteiger partial charge in [-0.1, -0.05) is 6.92 Å². The monoisotopic (exact) mass is 209 g/mol. The normalized spacial score (nSPS) is 23.1. The lowest BCUT2D eigenvalue weighted by Gasteiger charge is -2.26. The molecule has 2 aliphatic rings. The van der Waals surface area contributed by atoms with E-state index in [-0.39, 0.29) is 0 Å². The molecule has 3 N–H and O–H groups in total. The zero-order chi connectivity index (χ0) is 10.9. The van der Waals surface area contributed by atoms with Crippen molar-refractivity contribution in [2.24, 2.45) is 17.1 Å². The number of amidine groups is 1. The summed E-state index contributed by atoms with van der Waals surface area (Å²) in [7, 11) is 0. The molecule has 0 amide bonds. The van der Waals surface area contributed by atoms with Gasteiger partial charge in [0.1, 0.15) is 0 Å². The second kappa shape index (κ2) is 4.12. The maximum Gasteiger partial charge on any atom is 0.0911 e. The molecule has 0 aliphatic heterocycles. The molecule has 0 heterocycles. The first-order valence-electron chi connectivity index (χ1n) is 6.19. The average molecular weight is 209 g/mol. The summed E-state index contributed by atoms with van der Waals surface area (Å²) in [6.07, 6.45) is 6.21. The predicted molar refractivity (Wildman–Crippen MR) is 63.0 cm³/mol. The van der Waals surface area contributed by atoms with E-state index in [2.05, 4.69) is 11.8 Å². The van der Waals surface area contributed by atoms with Crippen molar-refractivity contribution in [1.29, 1.82) is 5.41 Å². The van der Waals surface area contributed by atoms with E-state index >= 15 is 0 Å². The fraction of sp³-hybridized carbons (Fsp3) is 0.917. The second-order valence-electron chi connectivity index (χ2n) is 5.47. The van der Waals surface area contributed by atoms with Crippen LogP contribution in [0.3, 0.4) is 0 Å². The number of nitrogens with two attached hydrogens (primary N) is 1. The minimum absolute atomic E-state index is 0.370. The summed E-state index contributed by atoms with van der Waals surface area (Å²) in [5.74, 6) is 1.34. The maximum absolute atomic E-state index is 7.40. The Labute approximate surface area is 92.5 Å². The lowest BCUT2D eigenvalue weighted by molar-refractivity contribution is 0.223. The standard InChI is InChI=1S/C12H23N3/c1-2-15(8-10-3-4-10)9-12(5-6-12)7-11(13)14/h10H,2-9H2,1H3,(H3,13,14). The third-order valence-corrected chi connectivity index (χ3v) is 3.74. The van der Waals surface area contributed by atoms with Crippen molar-refractivity contribution in [2.75, 3.05) is 19.6 Å². The summed E-state index contributed by atoms with van der Waals surface area (Å²) < 4.78 is 0. The molecule has 3 nitrogen and oxygen atoms in total. The van der Waals surface area contributed by atoms with E-state index in [1.165, 1.54) is 38.8 Å². The Hall–Kier alpha value is -0.570. The van der Waals surface area contributed by atoms with Gasteiger partial charge < -0.3 is 10.6 Å². The summed E-state index contributed by atoms with van der Waals surface area (Å²) in [5.41, 5.74) is 5.90. The van der Waals surface area contributed by atoms with Crippen LogP contribution < -0.4 is 5.73 Å². The van der Waals surface area contributed by atoms with Crippen LogP contribution in [0.1, 0.15) is 39.0 Å². The third-order valence-electron chi connectivity index (χ3n) is 3.74. The lowest BCUT2D eigenvalue weighted by atomic mass is 10.0. The first-order chi connectivity index (χ1) is 7.13. The molecule has 2 rings (SSSR count). The average Bonchev–Trinajstić information content (AvgIpc) is 3.02. The molecule has 15 heavy (non-hydrogen) atoms. The number of hydrogen-bond donors (Lipinski definition) is 2. The van der Waals surface area contributed by atoms with Gasteiger partial charge in [-0.15, -0.1) is 0 Å².